The summed E-state index contributed by atoms with van der Waals surface area (Å²) in [6.07, 6.45) is 8.30. The fraction of sp³-hybridized carbons (Fsp3) is 0.545. The highest BCUT2D eigenvalue weighted by molar-refractivity contribution is 7.99. The predicted octanol–water partition coefficient (Wildman–Crippen LogP) is 6.55. The molecule has 0 amide bonds. The van der Waals surface area contributed by atoms with Gasteiger partial charge in [0.1, 0.15) is 5.75 Å². The van der Waals surface area contributed by atoms with E-state index in [0.717, 1.165) is 30.1 Å². The van der Waals surface area contributed by atoms with Crippen LogP contribution in [0.5, 0.6) is 5.75 Å². The lowest BCUT2D eigenvalue weighted by Gasteiger charge is -2.22. The van der Waals surface area contributed by atoms with Gasteiger partial charge in [0.25, 0.3) is 0 Å². The molecule has 2 aliphatic carbocycles. The Morgan fingerprint density at radius 1 is 1.04 bits per heavy atom. The van der Waals surface area contributed by atoms with E-state index in [1.165, 1.54) is 59.9 Å². The van der Waals surface area contributed by atoms with Crippen LogP contribution in [-0.2, 0) is 0 Å². The molecule has 1 nitrogen and oxygen atoms in total. The molecule has 0 N–H and O–H groups in total. The minimum absolute atomic E-state index is 0.793. The van der Waals surface area contributed by atoms with Gasteiger partial charge in [-0.25, -0.2) is 0 Å². The summed E-state index contributed by atoms with van der Waals surface area (Å²) >= 11 is 1.98. The van der Waals surface area contributed by atoms with Crippen molar-refractivity contribution in [3.05, 3.63) is 36.4 Å². The predicted molar refractivity (Wildman–Crippen MR) is 104 cm³/mol. The molecular formula is C22H28OS. The molecular weight excluding hydrogens is 312 g/mol. The van der Waals surface area contributed by atoms with Crippen LogP contribution in [0.2, 0.25) is 0 Å². The van der Waals surface area contributed by atoms with Gasteiger partial charge in [-0.3, -0.25) is 0 Å². The van der Waals surface area contributed by atoms with Gasteiger partial charge in [0.2, 0.25) is 0 Å². The second-order valence-corrected chi connectivity index (χ2v) is 8.69. The van der Waals surface area contributed by atoms with E-state index in [1.807, 2.05) is 11.8 Å². The molecule has 3 unspecified atom stereocenters. The molecule has 0 spiro atoms. The zero-order chi connectivity index (χ0) is 16.4. The number of hydrogen-bond donors (Lipinski definition) is 0. The van der Waals surface area contributed by atoms with E-state index in [4.69, 9.17) is 4.74 Å². The van der Waals surface area contributed by atoms with Crippen molar-refractivity contribution >= 4 is 22.5 Å². The lowest BCUT2D eigenvalue weighted by molar-refractivity contribution is 0.197. The van der Waals surface area contributed by atoms with Gasteiger partial charge in [-0.2, -0.15) is 0 Å². The van der Waals surface area contributed by atoms with Gasteiger partial charge in [0, 0.05) is 10.3 Å². The van der Waals surface area contributed by atoms with Gasteiger partial charge in [-0.1, -0.05) is 44.0 Å². The van der Waals surface area contributed by atoms with Crippen LogP contribution in [-0.4, -0.2) is 12.4 Å². The van der Waals surface area contributed by atoms with E-state index in [9.17, 15) is 0 Å². The van der Waals surface area contributed by atoms with E-state index in [0.29, 0.717) is 0 Å². The third-order valence-corrected chi connectivity index (χ3v) is 7.10. The quantitative estimate of drug-likeness (QED) is 0.417. The Kier molecular flexibility index (Phi) is 5.03. The fourth-order valence-corrected chi connectivity index (χ4v) is 5.75. The summed E-state index contributed by atoms with van der Waals surface area (Å²) in [6, 6.07) is 13.2. The molecule has 2 aliphatic rings. The monoisotopic (exact) mass is 340 g/mol. The Hall–Kier alpha value is -1.15. The van der Waals surface area contributed by atoms with Crippen molar-refractivity contribution in [2.45, 2.75) is 50.3 Å². The van der Waals surface area contributed by atoms with E-state index in [-0.39, 0.29) is 0 Å². The zero-order valence-electron chi connectivity index (χ0n) is 14.7. The molecule has 2 saturated carbocycles. The van der Waals surface area contributed by atoms with Crippen LogP contribution in [0.1, 0.15) is 45.4 Å². The standard InChI is InChI=1S/C22H28OS/c1-2-3-12-24-22-11-10-21(19-6-4-5-7-20(19)22)23-15-18-14-16-8-9-17(18)13-16/h4-7,10-11,16-18H,2-3,8-9,12-15H2,1H3. The zero-order valence-corrected chi connectivity index (χ0v) is 15.5. The van der Waals surface area contributed by atoms with Gasteiger partial charge in [0.15, 0.2) is 0 Å². The van der Waals surface area contributed by atoms with Crippen molar-refractivity contribution < 1.29 is 4.74 Å². The van der Waals surface area contributed by atoms with Gasteiger partial charge in [-0.05, 0) is 66.7 Å². The maximum atomic E-state index is 6.33. The fourth-order valence-electron chi connectivity index (χ4n) is 4.60. The highest BCUT2D eigenvalue weighted by Crippen LogP contribution is 2.48. The summed E-state index contributed by atoms with van der Waals surface area (Å²) in [6.45, 7) is 3.17. The second kappa shape index (κ2) is 7.39. The molecule has 2 aromatic rings. The molecule has 2 aromatic carbocycles. The topological polar surface area (TPSA) is 9.23 Å². The molecule has 0 aliphatic heterocycles. The van der Waals surface area contributed by atoms with E-state index in [1.54, 1.807) is 0 Å². The molecule has 2 bridgehead atoms. The number of rotatable bonds is 7. The number of hydrogen-bond acceptors (Lipinski definition) is 2. The van der Waals surface area contributed by atoms with Crippen molar-refractivity contribution in [1.82, 2.24) is 0 Å². The van der Waals surface area contributed by atoms with Crippen LogP contribution in [0.3, 0.4) is 0 Å². The first kappa shape index (κ1) is 16.3. The highest BCUT2D eigenvalue weighted by atomic mass is 32.2. The average Bonchev–Trinajstić information content (AvgIpc) is 3.24. The molecule has 0 heterocycles. The van der Waals surface area contributed by atoms with Crippen molar-refractivity contribution in [3.8, 4) is 5.75 Å². The van der Waals surface area contributed by atoms with Gasteiger partial charge < -0.3 is 4.74 Å². The Morgan fingerprint density at radius 3 is 2.67 bits per heavy atom. The molecule has 128 valence electrons. The maximum absolute atomic E-state index is 6.33. The SMILES string of the molecule is CCCCSc1ccc(OCC2CC3CCC2C3)c2ccccc12. The molecule has 24 heavy (non-hydrogen) atoms. The van der Waals surface area contributed by atoms with Gasteiger partial charge in [-0.15, -0.1) is 11.8 Å². The van der Waals surface area contributed by atoms with Crippen LogP contribution in [0.4, 0.5) is 0 Å². The summed E-state index contributed by atoms with van der Waals surface area (Å²) in [7, 11) is 0. The first-order valence-corrected chi connectivity index (χ1v) is 10.6. The van der Waals surface area contributed by atoms with Crippen molar-refractivity contribution in [3.63, 3.8) is 0 Å². The van der Waals surface area contributed by atoms with Crippen molar-refractivity contribution in [2.24, 2.45) is 17.8 Å². The average molecular weight is 341 g/mol. The maximum Gasteiger partial charge on any atom is 0.127 e. The third-order valence-electron chi connectivity index (χ3n) is 5.94. The van der Waals surface area contributed by atoms with Crippen LogP contribution in [0.15, 0.2) is 41.3 Å². The minimum Gasteiger partial charge on any atom is -0.493 e. The lowest BCUT2D eigenvalue weighted by Crippen LogP contribution is -2.18. The Bertz CT molecular complexity index is 695. The molecule has 2 fully saturated rings. The normalized spacial score (nSPS) is 25.5. The summed E-state index contributed by atoms with van der Waals surface area (Å²) in [4.78, 5) is 1.39. The first-order chi connectivity index (χ1) is 11.8. The van der Waals surface area contributed by atoms with E-state index < -0.39 is 0 Å². The van der Waals surface area contributed by atoms with E-state index >= 15 is 0 Å². The summed E-state index contributed by atoms with van der Waals surface area (Å²) in [5.74, 6) is 5.00. The number of benzene rings is 2. The van der Waals surface area contributed by atoms with Crippen LogP contribution < -0.4 is 4.74 Å². The number of fused-ring (bicyclic) bond motifs is 3. The largest absolute Gasteiger partial charge is 0.493 e. The molecule has 0 radical (unpaired) electrons. The second-order valence-electron chi connectivity index (χ2n) is 7.56. The Balaban J connectivity index is 1.50. The first-order valence-electron chi connectivity index (χ1n) is 9.62. The Morgan fingerprint density at radius 2 is 1.92 bits per heavy atom. The minimum atomic E-state index is 0.793. The van der Waals surface area contributed by atoms with Gasteiger partial charge >= 0.3 is 0 Å². The van der Waals surface area contributed by atoms with Crippen molar-refractivity contribution in [1.29, 1.82) is 0 Å². The molecule has 0 saturated heterocycles. The number of thioether (sulfide) groups is 1. The summed E-state index contributed by atoms with van der Waals surface area (Å²) in [5.41, 5.74) is 0. The highest BCUT2D eigenvalue weighted by Gasteiger charge is 2.39. The van der Waals surface area contributed by atoms with Crippen LogP contribution in [0, 0.1) is 17.8 Å². The lowest BCUT2D eigenvalue weighted by atomic mass is 9.89. The van der Waals surface area contributed by atoms with E-state index in [2.05, 4.69) is 43.3 Å². The van der Waals surface area contributed by atoms with Crippen LogP contribution in [0.25, 0.3) is 10.8 Å². The number of ether oxygens (including phenoxy) is 1. The number of unbranched alkanes of at least 4 members (excludes halogenated alkanes) is 1. The molecule has 4 rings (SSSR count). The molecule has 3 atom stereocenters. The molecule has 2 heteroatoms. The third kappa shape index (κ3) is 3.31. The smallest absolute Gasteiger partial charge is 0.127 e. The van der Waals surface area contributed by atoms with Gasteiger partial charge in [0.05, 0.1) is 6.61 Å². The van der Waals surface area contributed by atoms with Crippen molar-refractivity contribution in [2.75, 3.05) is 12.4 Å². The van der Waals surface area contributed by atoms with Crippen LogP contribution >= 0.6 is 11.8 Å². The summed E-state index contributed by atoms with van der Waals surface area (Å²) < 4.78 is 6.33. The Labute approximate surface area is 150 Å². The summed E-state index contributed by atoms with van der Waals surface area (Å²) in [5, 5.41) is 2.63. The molecule has 0 aromatic heterocycles.